The first kappa shape index (κ1) is 10.2. The number of aromatic nitrogens is 1. The van der Waals surface area contributed by atoms with Crippen LogP contribution in [-0.2, 0) is 13.5 Å². The zero-order chi connectivity index (χ0) is 11.0. The normalized spacial score (nSPS) is 10.9. The Bertz CT molecular complexity index is 512. The van der Waals surface area contributed by atoms with Gasteiger partial charge in [-0.1, -0.05) is 19.1 Å². The molecule has 1 aromatic carbocycles. The summed E-state index contributed by atoms with van der Waals surface area (Å²) >= 11 is 0. The molecule has 0 saturated heterocycles. The minimum atomic E-state index is 1.08. The zero-order valence-electron chi connectivity index (χ0n) is 9.96. The van der Waals surface area contributed by atoms with Crippen LogP contribution in [0.4, 0.5) is 0 Å². The summed E-state index contributed by atoms with van der Waals surface area (Å²) in [7, 11) is 2.15. The smallest absolute Gasteiger partial charge is 0.198 e. The number of pyridine rings is 1. The fraction of sp³-hybridized carbons (Fsp3) is 0.357. The van der Waals surface area contributed by atoms with Crippen molar-refractivity contribution in [2.45, 2.75) is 27.2 Å². The van der Waals surface area contributed by atoms with Crippen LogP contribution in [0.5, 0.6) is 0 Å². The third-order valence-electron chi connectivity index (χ3n) is 3.18. The van der Waals surface area contributed by atoms with Crippen molar-refractivity contribution in [2.24, 2.45) is 7.05 Å². The molecule has 0 unspecified atom stereocenters. The van der Waals surface area contributed by atoms with Gasteiger partial charge in [-0.15, -0.1) is 0 Å². The highest BCUT2D eigenvalue weighted by atomic mass is 14.9. The van der Waals surface area contributed by atoms with Crippen LogP contribution in [0, 0.1) is 13.8 Å². The van der Waals surface area contributed by atoms with Gasteiger partial charge in [-0.2, -0.15) is 4.57 Å². The lowest BCUT2D eigenvalue weighted by molar-refractivity contribution is -0.652. The molecular weight excluding hydrogens is 182 g/mol. The van der Waals surface area contributed by atoms with E-state index >= 15 is 0 Å². The van der Waals surface area contributed by atoms with Gasteiger partial charge in [0.15, 0.2) is 5.69 Å². The third-order valence-corrected chi connectivity index (χ3v) is 3.18. The van der Waals surface area contributed by atoms with Gasteiger partial charge in [0, 0.05) is 18.6 Å². The molecule has 0 saturated carbocycles. The lowest BCUT2D eigenvalue weighted by Crippen LogP contribution is -2.34. The number of hydrogen-bond donors (Lipinski definition) is 0. The molecule has 1 nitrogen and oxygen atoms in total. The molecule has 1 heterocycles. The van der Waals surface area contributed by atoms with E-state index in [1.165, 1.54) is 27.7 Å². The van der Waals surface area contributed by atoms with Gasteiger partial charge in [-0.3, -0.25) is 0 Å². The first-order valence-corrected chi connectivity index (χ1v) is 5.53. The molecule has 0 aliphatic carbocycles. The zero-order valence-corrected chi connectivity index (χ0v) is 9.96. The molecule has 1 heteroatoms. The van der Waals surface area contributed by atoms with E-state index in [1.54, 1.807) is 0 Å². The Morgan fingerprint density at radius 2 is 1.87 bits per heavy atom. The van der Waals surface area contributed by atoms with E-state index in [0.29, 0.717) is 0 Å². The number of benzene rings is 1. The number of fused-ring (bicyclic) bond motifs is 1. The fourth-order valence-electron chi connectivity index (χ4n) is 2.36. The second kappa shape index (κ2) is 3.65. The van der Waals surface area contributed by atoms with E-state index < -0.39 is 0 Å². The van der Waals surface area contributed by atoms with Crippen LogP contribution in [-0.4, -0.2) is 0 Å². The molecule has 0 amide bonds. The summed E-state index contributed by atoms with van der Waals surface area (Å²) in [4.78, 5) is 0. The van der Waals surface area contributed by atoms with E-state index in [4.69, 9.17) is 0 Å². The largest absolute Gasteiger partial charge is 0.212 e. The van der Waals surface area contributed by atoms with Crippen LogP contribution in [0.3, 0.4) is 0 Å². The lowest BCUT2D eigenvalue weighted by atomic mass is 10.0. The van der Waals surface area contributed by atoms with Crippen molar-refractivity contribution < 1.29 is 4.57 Å². The van der Waals surface area contributed by atoms with Crippen molar-refractivity contribution in [2.75, 3.05) is 0 Å². The van der Waals surface area contributed by atoms with E-state index in [-0.39, 0.29) is 0 Å². The highest BCUT2D eigenvalue weighted by Crippen LogP contribution is 2.20. The maximum atomic E-state index is 2.30. The Hall–Kier alpha value is -1.37. The minimum absolute atomic E-state index is 1.08. The van der Waals surface area contributed by atoms with Crippen LogP contribution >= 0.6 is 0 Å². The molecule has 78 valence electrons. The first-order chi connectivity index (χ1) is 7.15. The second-order valence-electron chi connectivity index (χ2n) is 4.20. The van der Waals surface area contributed by atoms with Crippen molar-refractivity contribution in [1.29, 1.82) is 0 Å². The van der Waals surface area contributed by atoms with E-state index in [9.17, 15) is 0 Å². The number of nitrogens with zero attached hydrogens (tertiary/aromatic N) is 1. The SMILES string of the molecule is CCc1cc(C)c2c(C)cccc2[n+]1C. The van der Waals surface area contributed by atoms with Gasteiger partial charge in [0.1, 0.15) is 7.05 Å². The lowest BCUT2D eigenvalue weighted by Gasteiger charge is -2.07. The number of aryl methyl sites for hydroxylation is 4. The Kier molecular flexibility index (Phi) is 2.47. The Morgan fingerprint density at radius 3 is 2.53 bits per heavy atom. The van der Waals surface area contributed by atoms with Gasteiger partial charge in [0.25, 0.3) is 0 Å². The molecule has 0 N–H and O–H groups in total. The quantitative estimate of drug-likeness (QED) is 0.623. The summed E-state index contributed by atoms with van der Waals surface area (Å²) in [6.07, 6.45) is 1.08. The van der Waals surface area contributed by atoms with E-state index in [0.717, 1.165) is 6.42 Å². The van der Waals surface area contributed by atoms with Crippen LogP contribution in [0.1, 0.15) is 23.7 Å². The molecule has 15 heavy (non-hydrogen) atoms. The van der Waals surface area contributed by atoms with Gasteiger partial charge in [-0.05, 0) is 25.0 Å². The fourth-order valence-corrected chi connectivity index (χ4v) is 2.36. The summed E-state index contributed by atoms with van der Waals surface area (Å²) < 4.78 is 2.30. The number of hydrogen-bond acceptors (Lipinski definition) is 0. The van der Waals surface area contributed by atoms with Crippen molar-refractivity contribution in [1.82, 2.24) is 0 Å². The molecule has 0 spiro atoms. The molecule has 1 aromatic heterocycles. The van der Waals surface area contributed by atoms with Crippen molar-refractivity contribution >= 4 is 10.9 Å². The van der Waals surface area contributed by atoms with Crippen molar-refractivity contribution in [3.05, 3.63) is 41.1 Å². The van der Waals surface area contributed by atoms with Gasteiger partial charge in [0.2, 0.25) is 5.52 Å². The average Bonchev–Trinajstić information content (AvgIpc) is 2.23. The Morgan fingerprint density at radius 1 is 1.13 bits per heavy atom. The van der Waals surface area contributed by atoms with Gasteiger partial charge >= 0.3 is 0 Å². The monoisotopic (exact) mass is 200 g/mol. The van der Waals surface area contributed by atoms with Crippen LogP contribution < -0.4 is 4.57 Å². The summed E-state index contributed by atoms with van der Waals surface area (Å²) in [6, 6.07) is 8.82. The third kappa shape index (κ3) is 1.52. The maximum absolute atomic E-state index is 2.30. The Labute approximate surface area is 91.4 Å². The van der Waals surface area contributed by atoms with Crippen LogP contribution in [0.25, 0.3) is 10.9 Å². The molecule has 2 rings (SSSR count). The maximum Gasteiger partial charge on any atom is 0.212 e. The van der Waals surface area contributed by atoms with Crippen molar-refractivity contribution in [3.8, 4) is 0 Å². The molecule has 0 aliphatic heterocycles. The second-order valence-corrected chi connectivity index (χ2v) is 4.20. The molecule has 0 aliphatic rings. The first-order valence-electron chi connectivity index (χ1n) is 5.53. The highest BCUT2D eigenvalue weighted by Gasteiger charge is 2.13. The molecule has 0 radical (unpaired) electrons. The highest BCUT2D eigenvalue weighted by molar-refractivity contribution is 5.82. The minimum Gasteiger partial charge on any atom is -0.198 e. The number of rotatable bonds is 1. The van der Waals surface area contributed by atoms with E-state index in [1.807, 2.05) is 0 Å². The van der Waals surface area contributed by atoms with Crippen LogP contribution in [0.2, 0.25) is 0 Å². The average molecular weight is 200 g/mol. The van der Waals surface area contributed by atoms with Crippen molar-refractivity contribution in [3.63, 3.8) is 0 Å². The Balaban J connectivity index is 2.93. The van der Waals surface area contributed by atoms with Gasteiger partial charge in [-0.25, -0.2) is 0 Å². The molecular formula is C14H18N+. The van der Waals surface area contributed by atoms with Gasteiger partial charge in [0.05, 0.1) is 5.39 Å². The summed E-state index contributed by atoms with van der Waals surface area (Å²) in [6.45, 7) is 6.59. The van der Waals surface area contributed by atoms with Crippen LogP contribution in [0.15, 0.2) is 24.3 Å². The summed E-state index contributed by atoms with van der Waals surface area (Å²) in [5, 5.41) is 1.40. The predicted octanol–water partition coefficient (Wildman–Crippen LogP) is 2.84. The van der Waals surface area contributed by atoms with Gasteiger partial charge < -0.3 is 0 Å². The summed E-state index contributed by atoms with van der Waals surface area (Å²) in [5.74, 6) is 0. The predicted molar refractivity (Wildman–Crippen MR) is 64.0 cm³/mol. The molecule has 0 bridgehead atoms. The molecule has 0 fully saturated rings. The summed E-state index contributed by atoms with van der Waals surface area (Å²) in [5.41, 5.74) is 5.48. The topological polar surface area (TPSA) is 3.88 Å². The standard InChI is InChI=1S/C14H18N/c1-5-12-9-11(3)14-10(2)7-6-8-13(14)15(12)4/h6-9H,5H2,1-4H3/q+1. The molecule has 0 atom stereocenters. The van der Waals surface area contributed by atoms with E-state index in [2.05, 4.69) is 56.7 Å². The molecule has 2 aromatic rings.